The molecule has 1 aliphatic heterocycles. The number of anilines is 1. The first-order valence-electron chi connectivity index (χ1n) is 7.66. The van der Waals surface area contributed by atoms with Gasteiger partial charge >= 0.3 is 0 Å². The monoisotopic (exact) mass is 361 g/mol. The Morgan fingerprint density at radius 2 is 2.29 bits per heavy atom. The summed E-state index contributed by atoms with van der Waals surface area (Å²) >= 11 is 1.60. The number of amides is 1. The molecule has 0 radical (unpaired) electrons. The molecule has 5 atom stereocenters. The molecule has 2 heterocycles. The fraction of sp³-hybridized carbons (Fsp3) is 0.769. The van der Waals surface area contributed by atoms with Crippen molar-refractivity contribution in [2.75, 3.05) is 23.4 Å². The number of nitrogens with one attached hydrogen (secondary N) is 1. The quantitative estimate of drug-likeness (QED) is 0.340. The van der Waals surface area contributed by atoms with Gasteiger partial charge in [-0.15, -0.1) is 5.10 Å². The molecular weight excluding hydrogens is 338 g/mol. The lowest BCUT2D eigenvalue weighted by atomic mass is 10.1. The first-order chi connectivity index (χ1) is 11.5. The number of ether oxygens (including phenoxy) is 1. The average molecular weight is 361 g/mol. The van der Waals surface area contributed by atoms with E-state index in [-0.39, 0.29) is 11.7 Å². The standard InChI is InChI=1S/C13H23N5O5S/c1-2-3-24-6-7(14)12(22)15-9-4-18(17-16-9)13-11(21)10(20)8(5-19)23-13/h4,7-8,10-11,13,19-21H,2-3,5-6,14H2,1H3,(H,15,22)/t7-,8?,10-,11-,13+/m1/s1. The Morgan fingerprint density at radius 3 is 2.92 bits per heavy atom. The van der Waals surface area contributed by atoms with Crippen molar-refractivity contribution in [3.63, 3.8) is 0 Å². The number of nitrogens with two attached hydrogens (primary N) is 1. The molecule has 1 saturated heterocycles. The fourth-order valence-corrected chi connectivity index (χ4v) is 3.07. The van der Waals surface area contributed by atoms with E-state index in [0.29, 0.717) is 5.75 Å². The summed E-state index contributed by atoms with van der Waals surface area (Å²) in [7, 11) is 0. The van der Waals surface area contributed by atoms with Crippen LogP contribution in [0.1, 0.15) is 19.6 Å². The van der Waals surface area contributed by atoms with Crippen molar-refractivity contribution in [1.82, 2.24) is 15.0 Å². The number of carbonyl (C=O) groups excluding carboxylic acids is 1. The maximum absolute atomic E-state index is 12.0. The fourth-order valence-electron chi connectivity index (χ4n) is 2.21. The number of hydrogen-bond acceptors (Lipinski definition) is 9. The van der Waals surface area contributed by atoms with Crippen LogP contribution in [-0.2, 0) is 9.53 Å². The highest BCUT2D eigenvalue weighted by atomic mass is 32.2. The number of hydrogen-bond donors (Lipinski definition) is 5. The third-order valence-corrected chi connectivity index (χ3v) is 4.81. The molecule has 1 aliphatic rings. The molecule has 6 N–H and O–H groups in total. The molecule has 0 aliphatic carbocycles. The zero-order valence-corrected chi connectivity index (χ0v) is 14.1. The summed E-state index contributed by atoms with van der Waals surface area (Å²) in [6, 6.07) is -0.666. The highest BCUT2D eigenvalue weighted by Crippen LogP contribution is 2.28. The van der Waals surface area contributed by atoms with Gasteiger partial charge in [0.2, 0.25) is 5.91 Å². The van der Waals surface area contributed by atoms with Gasteiger partial charge in [-0.1, -0.05) is 12.1 Å². The third-order valence-electron chi connectivity index (χ3n) is 3.52. The molecule has 0 spiro atoms. The molecule has 0 aromatic carbocycles. The number of aliphatic hydroxyl groups excluding tert-OH is 3. The van der Waals surface area contributed by atoms with Crippen LogP contribution in [0.25, 0.3) is 0 Å². The molecule has 136 valence electrons. The topological polar surface area (TPSA) is 156 Å². The van der Waals surface area contributed by atoms with Crippen LogP contribution in [0.3, 0.4) is 0 Å². The minimum Gasteiger partial charge on any atom is -0.394 e. The normalized spacial score (nSPS) is 28.0. The Balaban J connectivity index is 1.92. The smallest absolute Gasteiger partial charge is 0.243 e. The van der Waals surface area contributed by atoms with Crippen molar-refractivity contribution < 1.29 is 24.9 Å². The second-order valence-corrected chi connectivity index (χ2v) is 6.63. The molecule has 0 bridgehead atoms. The second kappa shape index (κ2) is 8.74. The van der Waals surface area contributed by atoms with E-state index in [2.05, 4.69) is 22.6 Å². The molecule has 1 unspecified atom stereocenters. The van der Waals surface area contributed by atoms with Crippen LogP contribution in [0.2, 0.25) is 0 Å². The Bertz CT molecular complexity index is 545. The summed E-state index contributed by atoms with van der Waals surface area (Å²) in [4.78, 5) is 12.0. The second-order valence-electron chi connectivity index (χ2n) is 5.48. The minimum atomic E-state index is -1.26. The van der Waals surface area contributed by atoms with Gasteiger partial charge in [-0.3, -0.25) is 4.79 Å². The molecule has 11 heteroatoms. The van der Waals surface area contributed by atoms with Crippen molar-refractivity contribution in [2.45, 2.75) is 43.9 Å². The zero-order valence-electron chi connectivity index (χ0n) is 13.3. The highest BCUT2D eigenvalue weighted by molar-refractivity contribution is 7.99. The molecule has 1 fully saturated rings. The van der Waals surface area contributed by atoms with E-state index in [9.17, 15) is 15.0 Å². The van der Waals surface area contributed by atoms with Crippen molar-refractivity contribution in [1.29, 1.82) is 0 Å². The average Bonchev–Trinajstić information content (AvgIpc) is 3.13. The SMILES string of the molecule is CCCSC[C@@H](N)C(=O)Nc1cn([C@H]2OC(CO)[C@@H](O)[C@H]2O)nn1. The van der Waals surface area contributed by atoms with Crippen molar-refractivity contribution >= 4 is 23.5 Å². The van der Waals surface area contributed by atoms with Crippen LogP contribution in [0.15, 0.2) is 6.20 Å². The van der Waals surface area contributed by atoms with E-state index in [0.717, 1.165) is 12.2 Å². The van der Waals surface area contributed by atoms with Crippen LogP contribution in [0.5, 0.6) is 0 Å². The first kappa shape index (κ1) is 19.1. The Kier molecular flexibility index (Phi) is 6.95. The van der Waals surface area contributed by atoms with Gasteiger partial charge in [0.05, 0.1) is 18.8 Å². The number of aliphatic hydroxyl groups is 3. The lowest BCUT2D eigenvalue weighted by Crippen LogP contribution is -2.37. The van der Waals surface area contributed by atoms with Crippen LogP contribution in [-0.4, -0.2) is 78.7 Å². The molecule has 1 aromatic rings. The summed E-state index contributed by atoms with van der Waals surface area (Å²) in [6.45, 7) is 1.62. The van der Waals surface area contributed by atoms with Crippen LogP contribution in [0.4, 0.5) is 5.82 Å². The zero-order chi connectivity index (χ0) is 17.7. The molecule has 10 nitrogen and oxygen atoms in total. The number of thioether (sulfide) groups is 1. The van der Waals surface area contributed by atoms with Crippen molar-refractivity contribution in [2.24, 2.45) is 5.73 Å². The van der Waals surface area contributed by atoms with Gasteiger partial charge in [0.1, 0.15) is 18.3 Å². The van der Waals surface area contributed by atoms with Gasteiger partial charge in [0.25, 0.3) is 0 Å². The number of carbonyl (C=O) groups is 1. The molecule has 2 rings (SSSR count). The van der Waals surface area contributed by atoms with Crippen LogP contribution in [0, 0.1) is 0 Å². The number of rotatable bonds is 8. The van der Waals surface area contributed by atoms with E-state index >= 15 is 0 Å². The number of nitrogens with zero attached hydrogens (tertiary/aromatic N) is 3. The summed E-state index contributed by atoms with van der Waals surface area (Å²) in [5, 5.41) is 38.8. The summed E-state index contributed by atoms with van der Waals surface area (Å²) in [5.74, 6) is 1.21. The van der Waals surface area contributed by atoms with E-state index in [4.69, 9.17) is 15.6 Å². The van der Waals surface area contributed by atoms with E-state index < -0.39 is 37.2 Å². The predicted octanol–water partition coefficient (Wildman–Crippen LogP) is -1.70. The Labute approximate surface area is 143 Å². The van der Waals surface area contributed by atoms with Crippen LogP contribution < -0.4 is 11.1 Å². The number of aromatic nitrogens is 3. The summed E-state index contributed by atoms with van der Waals surface area (Å²) < 4.78 is 6.50. The highest BCUT2D eigenvalue weighted by Gasteiger charge is 2.44. The molecule has 1 aromatic heterocycles. The van der Waals surface area contributed by atoms with Crippen molar-refractivity contribution in [3.05, 3.63) is 6.20 Å². The van der Waals surface area contributed by atoms with E-state index in [1.54, 1.807) is 11.8 Å². The van der Waals surface area contributed by atoms with Gasteiger partial charge in [-0.2, -0.15) is 11.8 Å². The molecule has 24 heavy (non-hydrogen) atoms. The summed E-state index contributed by atoms with van der Waals surface area (Å²) in [6.07, 6.45) is -2.02. The van der Waals surface area contributed by atoms with Gasteiger partial charge in [-0.25, -0.2) is 4.68 Å². The minimum absolute atomic E-state index is 0.161. The van der Waals surface area contributed by atoms with Crippen LogP contribution >= 0.6 is 11.8 Å². The third kappa shape index (κ3) is 4.43. The van der Waals surface area contributed by atoms with Gasteiger partial charge in [-0.05, 0) is 12.2 Å². The Morgan fingerprint density at radius 1 is 1.54 bits per heavy atom. The van der Waals surface area contributed by atoms with Gasteiger partial charge < -0.3 is 31.1 Å². The van der Waals surface area contributed by atoms with E-state index in [1.807, 2.05) is 0 Å². The summed E-state index contributed by atoms with van der Waals surface area (Å²) in [5.41, 5.74) is 5.80. The maximum Gasteiger partial charge on any atom is 0.243 e. The van der Waals surface area contributed by atoms with E-state index in [1.165, 1.54) is 10.9 Å². The lowest BCUT2D eigenvalue weighted by molar-refractivity contribution is -0.116. The van der Waals surface area contributed by atoms with Gasteiger partial charge in [0.15, 0.2) is 12.0 Å². The molecule has 1 amide bonds. The predicted molar refractivity (Wildman–Crippen MR) is 87.3 cm³/mol. The van der Waals surface area contributed by atoms with Crippen molar-refractivity contribution in [3.8, 4) is 0 Å². The maximum atomic E-state index is 12.0. The largest absolute Gasteiger partial charge is 0.394 e. The first-order valence-corrected chi connectivity index (χ1v) is 8.81. The lowest BCUT2D eigenvalue weighted by Gasteiger charge is -2.13. The van der Waals surface area contributed by atoms with Gasteiger partial charge in [0, 0.05) is 5.75 Å². The Hall–Kier alpha value is -1.24. The molecule has 0 saturated carbocycles. The molecular formula is C13H23N5O5S.